The van der Waals surface area contributed by atoms with Gasteiger partial charge in [-0.25, -0.2) is 4.79 Å². The number of carbonyl (C=O) groups is 1. The average Bonchev–Trinajstić information content (AvgIpc) is 2.63. The Bertz CT molecular complexity index is 366. The Morgan fingerprint density at radius 1 is 0.680 bits per heavy atom. The van der Waals surface area contributed by atoms with Crippen LogP contribution in [0.2, 0.25) is 0 Å². The first-order chi connectivity index (χ1) is 12.3. The molecule has 0 rings (SSSR count). The van der Waals surface area contributed by atoms with Crippen LogP contribution in [0.25, 0.3) is 0 Å². The number of hydrogen-bond acceptors (Lipinski definition) is 2. The Labute approximate surface area is 156 Å². The number of hydrogen-bond donors (Lipinski definition) is 0. The maximum atomic E-state index is 10.9. The maximum Gasteiger partial charge on any atom is 0.330 e. The summed E-state index contributed by atoms with van der Waals surface area (Å²) in [5.74, 6) is -0.250. The Morgan fingerprint density at radius 2 is 1.16 bits per heavy atom. The summed E-state index contributed by atoms with van der Waals surface area (Å²) in [6, 6.07) is 0. The smallest absolute Gasteiger partial charge is 0.330 e. The van der Waals surface area contributed by atoms with Crippen molar-refractivity contribution in [3.8, 4) is 0 Å². The van der Waals surface area contributed by atoms with E-state index in [-0.39, 0.29) is 5.97 Å². The van der Waals surface area contributed by atoms with Gasteiger partial charge in [-0.3, -0.25) is 0 Å². The third kappa shape index (κ3) is 20.6. The van der Waals surface area contributed by atoms with Gasteiger partial charge in [-0.05, 0) is 38.5 Å². The zero-order valence-corrected chi connectivity index (χ0v) is 16.7. The predicted molar refractivity (Wildman–Crippen MR) is 110 cm³/mol. The number of methoxy groups -OCH3 is 1. The fraction of sp³-hybridized carbons (Fsp3) is 0.696. The summed E-state index contributed by atoms with van der Waals surface area (Å²) in [5, 5.41) is 0. The number of unbranched alkanes of at least 4 members (excludes halogenated alkanes) is 11. The van der Waals surface area contributed by atoms with E-state index in [0.717, 1.165) is 19.3 Å². The summed E-state index contributed by atoms with van der Waals surface area (Å²) in [7, 11) is 1.41. The molecule has 0 unspecified atom stereocenters. The number of ether oxygens (including phenoxy) is 1. The lowest BCUT2D eigenvalue weighted by Gasteiger charge is -2.02. The monoisotopic (exact) mass is 348 g/mol. The molecule has 25 heavy (non-hydrogen) atoms. The minimum atomic E-state index is -0.250. The molecule has 0 aromatic rings. The van der Waals surface area contributed by atoms with Crippen molar-refractivity contribution >= 4 is 5.97 Å². The van der Waals surface area contributed by atoms with E-state index in [2.05, 4.69) is 36.0 Å². The number of carbonyl (C=O) groups excluding carboxylic acids is 1. The first kappa shape index (κ1) is 23.7. The van der Waals surface area contributed by atoms with E-state index in [0.29, 0.717) is 0 Å². The number of esters is 1. The largest absolute Gasteiger partial charge is 0.466 e. The van der Waals surface area contributed by atoms with E-state index in [1.807, 2.05) is 6.08 Å². The van der Waals surface area contributed by atoms with Gasteiger partial charge >= 0.3 is 5.97 Å². The van der Waals surface area contributed by atoms with E-state index in [1.54, 1.807) is 0 Å². The van der Waals surface area contributed by atoms with E-state index in [9.17, 15) is 4.79 Å². The van der Waals surface area contributed by atoms with Crippen molar-refractivity contribution in [2.75, 3.05) is 7.11 Å². The third-order valence-electron chi connectivity index (χ3n) is 4.29. The van der Waals surface area contributed by atoms with Crippen molar-refractivity contribution in [2.24, 2.45) is 0 Å². The molecule has 144 valence electrons. The van der Waals surface area contributed by atoms with E-state index < -0.39 is 0 Å². The van der Waals surface area contributed by atoms with Crippen LogP contribution >= 0.6 is 0 Å². The predicted octanol–water partition coefficient (Wildman–Crippen LogP) is 7.31. The quantitative estimate of drug-likeness (QED) is 0.119. The molecule has 0 aromatic heterocycles. The molecule has 0 aromatic carbocycles. The van der Waals surface area contributed by atoms with Gasteiger partial charge in [0, 0.05) is 6.08 Å². The van der Waals surface area contributed by atoms with Crippen molar-refractivity contribution in [1.82, 2.24) is 0 Å². The molecule has 0 heterocycles. The second-order valence-corrected chi connectivity index (χ2v) is 6.63. The Balaban J connectivity index is 3.15. The summed E-state index contributed by atoms with van der Waals surface area (Å²) in [4.78, 5) is 10.9. The highest BCUT2D eigenvalue weighted by Gasteiger charge is 1.93. The molecule has 0 fully saturated rings. The Kier molecular flexibility index (Phi) is 19.6. The van der Waals surface area contributed by atoms with Gasteiger partial charge in [0.05, 0.1) is 7.11 Å². The van der Waals surface area contributed by atoms with Crippen molar-refractivity contribution in [3.05, 3.63) is 36.5 Å². The molecule has 0 atom stereocenters. The zero-order valence-electron chi connectivity index (χ0n) is 16.7. The topological polar surface area (TPSA) is 26.3 Å². The minimum absolute atomic E-state index is 0.250. The molecule has 0 aliphatic carbocycles. The highest BCUT2D eigenvalue weighted by molar-refractivity contribution is 5.81. The molecule has 0 saturated heterocycles. The molecule has 0 aliphatic heterocycles. The SMILES string of the molecule is CCC=CCC=CCCCCCCCCCCCCC=CC(=O)OC. The molecular weight excluding hydrogens is 308 g/mol. The lowest BCUT2D eigenvalue weighted by Crippen LogP contribution is -1.93. The molecule has 0 amide bonds. The first-order valence-electron chi connectivity index (χ1n) is 10.4. The van der Waals surface area contributed by atoms with Gasteiger partial charge in [0.1, 0.15) is 0 Å². The summed E-state index contributed by atoms with van der Waals surface area (Å²) in [6.07, 6.45) is 30.4. The molecule has 2 heteroatoms. The highest BCUT2D eigenvalue weighted by atomic mass is 16.5. The molecule has 0 N–H and O–H groups in total. The van der Waals surface area contributed by atoms with Crippen LogP contribution in [0.4, 0.5) is 0 Å². The molecule has 2 nitrogen and oxygen atoms in total. The molecule has 0 saturated carbocycles. The maximum absolute atomic E-state index is 10.9. The van der Waals surface area contributed by atoms with Crippen molar-refractivity contribution < 1.29 is 9.53 Å². The second-order valence-electron chi connectivity index (χ2n) is 6.63. The Morgan fingerprint density at radius 3 is 1.68 bits per heavy atom. The lowest BCUT2D eigenvalue weighted by atomic mass is 10.0. The van der Waals surface area contributed by atoms with Crippen LogP contribution in [-0.4, -0.2) is 13.1 Å². The van der Waals surface area contributed by atoms with E-state index in [1.165, 1.54) is 83.8 Å². The van der Waals surface area contributed by atoms with E-state index in [4.69, 9.17) is 0 Å². The van der Waals surface area contributed by atoms with Gasteiger partial charge < -0.3 is 4.74 Å². The van der Waals surface area contributed by atoms with Crippen LogP contribution in [0.15, 0.2) is 36.5 Å². The van der Waals surface area contributed by atoms with Gasteiger partial charge in [-0.15, -0.1) is 0 Å². The van der Waals surface area contributed by atoms with Crippen LogP contribution in [0.3, 0.4) is 0 Å². The first-order valence-corrected chi connectivity index (χ1v) is 10.4. The van der Waals surface area contributed by atoms with Crippen LogP contribution in [0.1, 0.15) is 96.8 Å². The molecule has 0 spiro atoms. The lowest BCUT2D eigenvalue weighted by molar-refractivity contribution is -0.134. The van der Waals surface area contributed by atoms with Gasteiger partial charge in [0.2, 0.25) is 0 Å². The molecule has 0 aliphatic rings. The van der Waals surface area contributed by atoms with Crippen molar-refractivity contribution in [3.63, 3.8) is 0 Å². The van der Waals surface area contributed by atoms with Crippen LogP contribution in [-0.2, 0) is 9.53 Å². The van der Waals surface area contributed by atoms with Crippen LogP contribution in [0.5, 0.6) is 0 Å². The zero-order chi connectivity index (χ0) is 18.4. The third-order valence-corrected chi connectivity index (χ3v) is 4.29. The van der Waals surface area contributed by atoms with Gasteiger partial charge in [-0.2, -0.15) is 0 Å². The fourth-order valence-electron chi connectivity index (χ4n) is 2.74. The van der Waals surface area contributed by atoms with Crippen molar-refractivity contribution in [2.45, 2.75) is 96.8 Å². The van der Waals surface area contributed by atoms with Crippen molar-refractivity contribution in [1.29, 1.82) is 0 Å². The van der Waals surface area contributed by atoms with Crippen LogP contribution in [0, 0.1) is 0 Å². The second kappa shape index (κ2) is 20.7. The van der Waals surface area contributed by atoms with Gasteiger partial charge in [0.15, 0.2) is 0 Å². The molecule has 0 bridgehead atoms. The standard InChI is InChI=1S/C23H40O2/c1-3-4-5-6-7-8-9-10-11-12-13-14-15-16-17-18-19-20-21-22-23(24)25-2/h4-5,7-8,21-22H,3,6,9-20H2,1-2H3. The van der Waals surface area contributed by atoms with Crippen LogP contribution < -0.4 is 0 Å². The summed E-state index contributed by atoms with van der Waals surface area (Å²) in [5.41, 5.74) is 0. The Hall–Kier alpha value is -1.31. The van der Waals surface area contributed by atoms with E-state index >= 15 is 0 Å². The van der Waals surface area contributed by atoms with Gasteiger partial charge in [0.25, 0.3) is 0 Å². The molecule has 0 radical (unpaired) electrons. The number of allylic oxidation sites excluding steroid dienone is 5. The normalized spacial score (nSPS) is 11.9. The fourth-order valence-corrected chi connectivity index (χ4v) is 2.74. The minimum Gasteiger partial charge on any atom is -0.466 e. The summed E-state index contributed by atoms with van der Waals surface area (Å²) in [6.45, 7) is 2.17. The number of rotatable bonds is 17. The van der Waals surface area contributed by atoms with Gasteiger partial charge in [-0.1, -0.05) is 88.7 Å². The summed E-state index contributed by atoms with van der Waals surface area (Å²) < 4.78 is 4.56. The highest BCUT2D eigenvalue weighted by Crippen LogP contribution is 2.12. The summed E-state index contributed by atoms with van der Waals surface area (Å²) >= 11 is 0. The molecular formula is C23H40O2. The average molecular weight is 349 g/mol.